The summed E-state index contributed by atoms with van der Waals surface area (Å²) in [5.41, 5.74) is 16.4. The summed E-state index contributed by atoms with van der Waals surface area (Å²) in [6.07, 6.45) is 2.15. The quantitative estimate of drug-likeness (QED) is 0.161. The van der Waals surface area contributed by atoms with Crippen LogP contribution in [0.2, 0.25) is 0 Å². The van der Waals surface area contributed by atoms with Crippen molar-refractivity contribution in [3.63, 3.8) is 0 Å². The van der Waals surface area contributed by atoms with Crippen LogP contribution in [-0.2, 0) is 0 Å². The number of nitrogens with zero attached hydrogens (tertiary/aromatic N) is 2. The predicted molar refractivity (Wildman–Crippen MR) is 277 cm³/mol. The fourth-order valence-electron chi connectivity index (χ4n) is 10.1. The van der Waals surface area contributed by atoms with Crippen LogP contribution in [0, 0.1) is 0 Å². The Kier molecular flexibility index (Phi) is 8.55. The zero-order valence-corrected chi connectivity index (χ0v) is 36.6. The van der Waals surface area contributed by atoms with Crippen molar-refractivity contribution < 1.29 is 0 Å². The average molecular weight is 854 g/mol. The molecule has 13 rings (SSSR count). The highest BCUT2D eigenvalue weighted by Gasteiger charge is 2.22. The first-order chi connectivity index (χ1) is 31.7. The molecule has 64 heavy (non-hydrogen) atoms. The highest BCUT2D eigenvalue weighted by molar-refractivity contribution is 7.98. The van der Waals surface area contributed by atoms with Crippen molar-refractivity contribution >= 4 is 104 Å². The number of rotatable bonds is 7. The zero-order chi connectivity index (χ0) is 42.3. The summed E-state index contributed by atoms with van der Waals surface area (Å²) >= 11 is 3.65. The SMILES string of the molecule is CSc1ccccc1-c1cc2c3c(cccc3c1)-c1ccc(-c3cccc(N(c4ccc5c(c4)sc4ccccc45)c4ccc5c(c4)c4ccccc4n5-c4ccccc4)c3)cc1N2. The maximum Gasteiger partial charge on any atom is 0.0542 e. The van der Waals surface area contributed by atoms with Crippen LogP contribution in [0.25, 0.3) is 91.8 Å². The third-order valence-corrected chi connectivity index (χ3v) is 14.9. The Labute approximate surface area is 379 Å². The standard InChI is InChI=1S/C59H39N3S2/c1-63-56-23-9-6-18-45(56)40-31-39-14-12-21-50-46-28-25-38(33-52(46)60-53(34-40)59(39)50)37-13-11-17-42(32-37)61(44-26-29-49-48-20-7-10-24-57(48)64-58(49)36-44)43-27-30-55-51(35-43)47-19-5-8-22-54(47)62(55)41-15-3-2-4-16-41/h2-36,60H,1H3. The number of benzene rings is 10. The van der Waals surface area contributed by atoms with E-state index in [0.29, 0.717) is 0 Å². The summed E-state index contributed by atoms with van der Waals surface area (Å²) < 4.78 is 4.97. The second kappa shape index (κ2) is 14.8. The van der Waals surface area contributed by atoms with E-state index in [2.05, 4.69) is 233 Å². The number of thioether (sulfide) groups is 1. The molecule has 0 spiro atoms. The number of nitrogens with one attached hydrogen (secondary N) is 1. The van der Waals surface area contributed by atoms with Crippen LogP contribution in [0.15, 0.2) is 217 Å². The number of hydrogen-bond acceptors (Lipinski definition) is 4. The van der Waals surface area contributed by atoms with Gasteiger partial charge >= 0.3 is 0 Å². The van der Waals surface area contributed by atoms with E-state index in [1.54, 1.807) is 11.8 Å². The fraction of sp³-hybridized carbons (Fsp3) is 0.0169. The van der Waals surface area contributed by atoms with Gasteiger partial charge in [-0.2, -0.15) is 0 Å². The van der Waals surface area contributed by atoms with Crippen LogP contribution in [0.1, 0.15) is 0 Å². The molecule has 1 N–H and O–H groups in total. The van der Waals surface area contributed by atoms with Gasteiger partial charge in [0.15, 0.2) is 0 Å². The van der Waals surface area contributed by atoms with Crippen LogP contribution in [-0.4, -0.2) is 10.8 Å². The van der Waals surface area contributed by atoms with Gasteiger partial charge in [-0.1, -0.05) is 121 Å². The van der Waals surface area contributed by atoms with E-state index >= 15 is 0 Å². The number of hydrogen-bond donors (Lipinski definition) is 1. The summed E-state index contributed by atoms with van der Waals surface area (Å²) in [7, 11) is 0. The van der Waals surface area contributed by atoms with E-state index in [9.17, 15) is 0 Å². The fourth-order valence-corrected chi connectivity index (χ4v) is 11.8. The number of para-hydroxylation sites is 2. The lowest BCUT2D eigenvalue weighted by Crippen LogP contribution is -2.10. The molecule has 302 valence electrons. The summed E-state index contributed by atoms with van der Waals surface area (Å²) in [5.74, 6) is 0. The Bertz CT molecular complexity index is 3820. The molecule has 0 amide bonds. The Balaban J connectivity index is 0.953. The van der Waals surface area contributed by atoms with Crippen molar-refractivity contribution in [2.45, 2.75) is 4.90 Å². The van der Waals surface area contributed by atoms with Gasteiger partial charge < -0.3 is 14.8 Å². The first-order valence-electron chi connectivity index (χ1n) is 21.7. The van der Waals surface area contributed by atoms with Gasteiger partial charge in [0.2, 0.25) is 0 Å². The Morgan fingerprint density at radius 2 is 1.14 bits per heavy atom. The largest absolute Gasteiger partial charge is 0.354 e. The molecule has 10 aromatic carbocycles. The van der Waals surface area contributed by atoms with E-state index < -0.39 is 0 Å². The first kappa shape index (κ1) is 37.0. The molecule has 0 bridgehead atoms. The number of anilines is 5. The lowest BCUT2D eigenvalue weighted by atomic mass is 9.89. The number of fused-ring (bicyclic) bond motifs is 8. The second-order valence-electron chi connectivity index (χ2n) is 16.6. The minimum absolute atomic E-state index is 1.10. The van der Waals surface area contributed by atoms with Crippen LogP contribution in [0.3, 0.4) is 0 Å². The number of thiophene rings is 1. The van der Waals surface area contributed by atoms with Crippen LogP contribution >= 0.6 is 23.1 Å². The first-order valence-corrected chi connectivity index (χ1v) is 23.7. The van der Waals surface area contributed by atoms with Crippen molar-refractivity contribution in [2.24, 2.45) is 0 Å². The predicted octanol–water partition coefficient (Wildman–Crippen LogP) is 17.6. The van der Waals surface area contributed by atoms with E-state index in [1.807, 2.05) is 11.3 Å². The normalized spacial score (nSPS) is 12.0. The van der Waals surface area contributed by atoms with Gasteiger partial charge in [0.1, 0.15) is 0 Å². The molecule has 5 heteroatoms. The summed E-state index contributed by atoms with van der Waals surface area (Å²) in [6, 6.07) is 78.1. The zero-order valence-electron chi connectivity index (χ0n) is 34.9. The molecule has 1 aliphatic heterocycles. The van der Waals surface area contributed by atoms with Crippen molar-refractivity contribution in [1.82, 2.24) is 4.57 Å². The van der Waals surface area contributed by atoms with Gasteiger partial charge in [-0.25, -0.2) is 0 Å². The van der Waals surface area contributed by atoms with Crippen molar-refractivity contribution in [3.05, 3.63) is 212 Å². The summed E-state index contributed by atoms with van der Waals surface area (Å²) in [5, 5.41) is 11.5. The molecular weight excluding hydrogens is 815 g/mol. The van der Waals surface area contributed by atoms with Gasteiger partial charge in [0, 0.05) is 80.9 Å². The molecule has 0 aliphatic carbocycles. The lowest BCUT2D eigenvalue weighted by molar-refractivity contribution is 1.18. The second-order valence-corrected chi connectivity index (χ2v) is 18.5. The molecule has 0 atom stereocenters. The molecule has 1 aliphatic rings. The van der Waals surface area contributed by atoms with E-state index in [-0.39, 0.29) is 0 Å². The molecule has 2 aromatic heterocycles. The minimum Gasteiger partial charge on any atom is -0.354 e. The molecule has 0 saturated carbocycles. The topological polar surface area (TPSA) is 20.2 Å². The highest BCUT2D eigenvalue weighted by atomic mass is 32.2. The average Bonchev–Trinajstić information content (AvgIpc) is 3.89. The van der Waals surface area contributed by atoms with E-state index in [4.69, 9.17) is 0 Å². The molecule has 12 aromatic rings. The molecule has 0 fully saturated rings. The van der Waals surface area contributed by atoms with Gasteiger partial charge in [0.05, 0.1) is 11.0 Å². The lowest BCUT2D eigenvalue weighted by Gasteiger charge is -2.27. The number of aromatic nitrogens is 1. The van der Waals surface area contributed by atoms with Gasteiger partial charge in [-0.15, -0.1) is 23.1 Å². The van der Waals surface area contributed by atoms with E-state index in [0.717, 1.165) is 45.3 Å². The summed E-state index contributed by atoms with van der Waals surface area (Å²) in [4.78, 5) is 3.71. The van der Waals surface area contributed by atoms with Crippen molar-refractivity contribution in [3.8, 4) is 39.1 Å². The molecular formula is C59H39N3S2. The third kappa shape index (κ3) is 5.89. The van der Waals surface area contributed by atoms with Crippen molar-refractivity contribution in [2.75, 3.05) is 16.5 Å². The van der Waals surface area contributed by atoms with Gasteiger partial charge in [0.25, 0.3) is 0 Å². The molecule has 0 unspecified atom stereocenters. The molecule has 3 heterocycles. The molecule has 0 radical (unpaired) electrons. The van der Waals surface area contributed by atoms with E-state index in [1.165, 1.54) is 79.9 Å². The van der Waals surface area contributed by atoms with Crippen LogP contribution in [0.4, 0.5) is 28.4 Å². The molecule has 0 saturated heterocycles. The third-order valence-electron chi connectivity index (χ3n) is 13.0. The Hall–Kier alpha value is -7.57. The van der Waals surface area contributed by atoms with Crippen molar-refractivity contribution in [1.29, 1.82) is 0 Å². The maximum atomic E-state index is 3.91. The molecule has 3 nitrogen and oxygen atoms in total. The maximum absolute atomic E-state index is 3.91. The Morgan fingerprint density at radius 1 is 0.438 bits per heavy atom. The monoisotopic (exact) mass is 853 g/mol. The van der Waals surface area contributed by atoms with Crippen LogP contribution < -0.4 is 10.2 Å². The summed E-state index contributed by atoms with van der Waals surface area (Å²) in [6.45, 7) is 0. The van der Waals surface area contributed by atoms with Gasteiger partial charge in [-0.05, 0) is 130 Å². The van der Waals surface area contributed by atoms with Gasteiger partial charge in [-0.3, -0.25) is 0 Å². The minimum atomic E-state index is 1.10. The van der Waals surface area contributed by atoms with Crippen LogP contribution in [0.5, 0.6) is 0 Å². The highest BCUT2D eigenvalue weighted by Crippen LogP contribution is 2.48. The Morgan fingerprint density at radius 3 is 2.06 bits per heavy atom. The smallest absolute Gasteiger partial charge is 0.0542 e.